The van der Waals surface area contributed by atoms with E-state index >= 15 is 0 Å². The SMILES string of the molecule is Cc1nn(CCN=[N+]=[N-])c(C)c1Br. The zero-order chi connectivity index (χ0) is 9.84. The monoisotopic (exact) mass is 243 g/mol. The maximum absolute atomic E-state index is 8.09. The molecule has 0 radical (unpaired) electrons. The van der Waals surface area contributed by atoms with Crippen LogP contribution in [0.1, 0.15) is 11.4 Å². The molecule has 0 aromatic carbocycles. The van der Waals surface area contributed by atoms with Crippen molar-refractivity contribution in [3.8, 4) is 0 Å². The van der Waals surface area contributed by atoms with Crippen LogP contribution in [0.5, 0.6) is 0 Å². The number of aryl methyl sites for hydroxylation is 1. The standard InChI is InChI=1S/C7H10BrN5/c1-5-7(8)6(2)13(11-5)4-3-10-12-9/h3-4H2,1-2H3. The minimum absolute atomic E-state index is 0.435. The zero-order valence-electron chi connectivity index (χ0n) is 7.53. The third-order valence-electron chi connectivity index (χ3n) is 1.77. The second kappa shape index (κ2) is 4.30. The topological polar surface area (TPSA) is 66.6 Å². The molecule has 0 aliphatic rings. The number of nitrogens with zero attached hydrogens (tertiary/aromatic N) is 5. The number of rotatable bonds is 3. The first-order valence-corrected chi connectivity index (χ1v) is 4.66. The van der Waals surface area contributed by atoms with Crippen LogP contribution in [0.2, 0.25) is 0 Å². The van der Waals surface area contributed by atoms with Crippen molar-refractivity contribution in [2.45, 2.75) is 20.4 Å². The first kappa shape index (κ1) is 10.1. The molecule has 0 atom stereocenters. The molecule has 1 rings (SSSR count). The minimum Gasteiger partial charge on any atom is -0.268 e. The van der Waals surface area contributed by atoms with Crippen LogP contribution in [0.15, 0.2) is 9.59 Å². The van der Waals surface area contributed by atoms with Crippen molar-refractivity contribution < 1.29 is 0 Å². The number of halogens is 1. The van der Waals surface area contributed by atoms with E-state index in [0.717, 1.165) is 15.9 Å². The number of hydrogen-bond acceptors (Lipinski definition) is 2. The summed E-state index contributed by atoms with van der Waals surface area (Å²) in [6.07, 6.45) is 0. The third kappa shape index (κ3) is 2.23. The molecule has 0 fully saturated rings. The van der Waals surface area contributed by atoms with Crippen molar-refractivity contribution in [3.63, 3.8) is 0 Å². The number of azide groups is 1. The molecule has 5 nitrogen and oxygen atoms in total. The summed E-state index contributed by atoms with van der Waals surface area (Å²) in [5, 5.41) is 7.72. The first-order chi connectivity index (χ1) is 6.16. The lowest BCUT2D eigenvalue weighted by molar-refractivity contribution is 0.602. The van der Waals surface area contributed by atoms with E-state index in [2.05, 4.69) is 31.1 Å². The van der Waals surface area contributed by atoms with Gasteiger partial charge in [-0.3, -0.25) is 4.68 Å². The number of hydrogen-bond donors (Lipinski definition) is 0. The molecular weight excluding hydrogens is 234 g/mol. The van der Waals surface area contributed by atoms with E-state index in [0.29, 0.717) is 13.1 Å². The van der Waals surface area contributed by atoms with E-state index < -0.39 is 0 Å². The lowest BCUT2D eigenvalue weighted by Gasteiger charge is -1.99. The normalized spacial score (nSPS) is 9.77. The molecule has 1 aromatic rings. The predicted molar refractivity (Wildman–Crippen MR) is 53.4 cm³/mol. The largest absolute Gasteiger partial charge is 0.268 e. The highest BCUT2D eigenvalue weighted by Gasteiger charge is 2.06. The van der Waals surface area contributed by atoms with Gasteiger partial charge in [-0.2, -0.15) is 5.10 Å². The smallest absolute Gasteiger partial charge is 0.0738 e. The highest BCUT2D eigenvalue weighted by Crippen LogP contribution is 2.19. The Hall–Kier alpha value is -1.00. The molecule has 0 spiro atoms. The molecule has 0 aliphatic heterocycles. The quantitative estimate of drug-likeness (QED) is 0.457. The molecular formula is C7H10BrN5. The Morgan fingerprint density at radius 3 is 2.77 bits per heavy atom. The lowest BCUT2D eigenvalue weighted by Crippen LogP contribution is -2.04. The fraction of sp³-hybridized carbons (Fsp3) is 0.571. The van der Waals surface area contributed by atoms with Gasteiger partial charge in [-0.1, -0.05) is 5.11 Å². The van der Waals surface area contributed by atoms with Crippen LogP contribution in [-0.4, -0.2) is 16.3 Å². The average Bonchev–Trinajstić information content (AvgIpc) is 2.34. The van der Waals surface area contributed by atoms with Gasteiger partial charge in [0.2, 0.25) is 0 Å². The summed E-state index contributed by atoms with van der Waals surface area (Å²) in [6.45, 7) is 4.97. The average molecular weight is 244 g/mol. The molecule has 0 saturated heterocycles. The highest BCUT2D eigenvalue weighted by molar-refractivity contribution is 9.10. The fourth-order valence-electron chi connectivity index (χ4n) is 1.08. The first-order valence-electron chi connectivity index (χ1n) is 3.87. The maximum atomic E-state index is 8.09. The van der Waals surface area contributed by atoms with Crippen LogP contribution in [0.4, 0.5) is 0 Å². The van der Waals surface area contributed by atoms with Crippen molar-refractivity contribution in [3.05, 3.63) is 26.3 Å². The molecule has 70 valence electrons. The van der Waals surface area contributed by atoms with Gasteiger partial charge in [0.05, 0.1) is 10.2 Å². The Balaban J connectivity index is 2.77. The van der Waals surface area contributed by atoms with E-state index in [1.54, 1.807) is 0 Å². The zero-order valence-corrected chi connectivity index (χ0v) is 9.11. The third-order valence-corrected chi connectivity index (χ3v) is 2.92. The Bertz CT molecular complexity index is 350. The summed E-state index contributed by atoms with van der Waals surface area (Å²) in [6, 6.07) is 0. The molecule has 0 saturated carbocycles. The molecule has 13 heavy (non-hydrogen) atoms. The Morgan fingerprint density at radius 1 is 1.62 bits per heavy atom. The summed E-state index contributed by atoms with van der Waals surface area (Å²) in [5.74, 6) is 0. The summed E-state index contributed by atoms with van der Waals surface area (Å²) in [7, 11) is 0. The van der Waals surface area contributed by atoms with Crippen LogP contribution in [0.3, 0.4) is 0 Å². The Kier molecular flexibility index (Phi) is 3.33. The van der Waals surface area contributed by atoms with Gasteiger partial charge in [0.1, 0.15) is 0 Å². The minimum atomic E-state index is 0.435. The van der Waals surface area contributed by atoms with Crippen molar-refractivity contribution in [2.24, 2.45) is 5.11 Å². The van der Waals surface area contributed by atoms with Crippen molar-refractivity contribution in [2.75, 3.05) is 6.54 Å². The van der Waals surface area contributed by atoms with Crippen molar-refractivity contribution in [1.29, 1.82) is 0 Å². The second-order valence-electron chi connectivity index (χ2n) is 2.66. The molecule has 0 aliphatic carbocycles. The second-order valence-corrected chi connectivity index (χ2v) is 3.46. The molecule has 0 N–H and O–H groups in total. The molecule has 6 heteroatoms. The maximum Gasteiger partial charge on any atom is 0.0738 e. The van der Waals surface area contributed by atoms with Crippen LogP contribution in [-0.2, 0) is 6.54 Å². The van der Waals surface area contributed by atoms with Crippen LogP contribution < -0.4 is 0 Å². The van der Waals surface area contributed by atoms with Gasteiger partial charge in [0, 0.05) is 23.7 Å². The van der Waals surface area contributed by atoms with Crippen molar-refractivity contribution in [1.82, 2.24) is 9.78 Å². The van der Waals surface area contributed by atoms with Gasteiger partial charge >= 0.3 is 0 Å². The van der Waals surface area contributed by atoms with Gasteiger partial charge in [-0.05, 0) is 35.3 Å². The highest BCUT2D eigenvalue weighted by atomic mass is 79.9. The molecule has 0 unspecified atom stereocenters. The van der Waals surface area contributed by atoms with E-state index in [1.807, 2.05) is 18.5 Å². The molecule has 0 bridgehead atoms. The molecule has 1 aromatic heterocycles. The van der Waals surface area contributed by atoms with Crippen LogP contribution in [0, 0.1) is 13.8 Å². The summed E-state index contributed by atoms with van der Waals surface area (Å²) < 4.78 is 2.85. The van der Waals surface area contributed by atoms with Crippen LogP contribution in [0.25, 0.3) is 10.4 Å². The summed E-state index contributed by atoms with van der Waals surface area (Å²) >= 11 is 3.42. The Labute approximate surface area is 84.5 Å². The van der Waals surface area contributed by atoms with E-state index in [1.165, 1.54) is 0 Å². The molecule has 1 heterocycles. The van der Waals surface area contributed by atoms with Crippen LogP contribution >= 0.6 is 15.9 Å². The van der Waals surface area contributed by atoms with Gasteiger partial charge in [-0.25, -0.2) is 0 Å². The Morgan fingerprint density at radius 2 is 2.31 bits per heavy atom. The van der Waals surface area contributed by atoms with E-state index in [-0.39, 0.29) is 0 Å². The van der Waals surface area contributed by atoms with Gasteiger partial charge < -0.3 is 0 Å². The number of aromatic nitrogens is 2. The summed E-state index contributed by atoms with van der Waals surface area (Å²) in [4.78, 5) is 2.68. The fourth-order valence-corrected chi connectivity index (χ4v) is 1.36. The van der Waals surface area contributed by atoms with Gasteiger partial charge in [-0.15, -0.1) is 0 Å². The van der Waals surface area contributed by atoms with Crippen molar-refractivity contribution >= 4 is 15.9 Å². The van der Waals surface area contributed by atoms with Gasteiger partial charge in [0.15, 0.2) is 0 Å². The summed E-state index contributed by atoms with van der Waals surface area (Å²) in [5.41, 5.74) is 10.1. The molecule has 0 amide bonds. The van der Waals surface area contributed by atoms with E-state index in [9.17, 15) is 0 Å². The van der Waals surface area contributed by atoms with E-state index in [4.69, 9.17) is 5.53 Å². The van der Waals surface area contributed by atoms with Gasteiger partial charge in [0.25, 0.3) is 0 Å². The predicted octanol–water partition coefficient (Wildman–Crippen LogP) is 2.57. The lowest BCUT2D eigenvalue weighted by atomic mass is 10.4.